The van der Waals surface area contributed by atoms with Gasteiger partial charge in [-0.1, -0.05) is 30.8 Å². The van der Waals surface area contributed by atoms with Crippen molar-refractivity contribution in [1.29, 1.82) is 0 Å². The Hall–Kier alpha value is -3.20. The largest absolute Gasteiger partial charge is 0.456 e. The van der Waals surface area contributed by atoms with Crippen molar-refractivity contribution in [2.75, 3.05) is 38.0 Å². The molecule has 136 valence electrons. The van der Waals surface area contributed by atoms with Gasteiger partial charge in [0.25, 0.3) is 0 Å². The summed E-state index contributed by atoms with van der Waals surface area (Å²) in [6.07, 6.45) is 0. The molecule has 0 amide bonds. The molecule has 0 spiro atoms. The number of rotatable bonds is 2. The zero-order valence-corrected chi connectivity index (χ0v) is 16.3. The van der Waals surface area contributed by atoms with Gasteiger partial charge in [-0.05, 0) is 34.7 Å². The number of hydrogen-bond acceptors (Lipinski definition) is 3. The average Bonchev–Trinajstić information content (AvgIpc) is 2.65. The van der Waals surface area contributed by atoms with Gasteiger partial charge in [0.1, 0.15) is 11.5 Å². The van der Waals surface area contributed by atoms with Gasteiger partial charge in [-0.2, -0.15) is 0 Å². The number of ether oxygens (including phenoxy) is 1. The molecule has 4 rings (SSSR count). The van der Waals surface area contributed by atoms with Crippen LogP contribution in [0.25, 0.3) is 12.2 Å². The predicted molar refractivity (Wildman–Crippen MR) is 114 cm³/mol. The Labute approximate surface area is 160 Å². The molecular formula is C24H24N2O. The molecule has 27 heavy (non-hydrogen) atoms. The summed E-state index contributed by atoms with van der Waals surface area (Å²) in [4.78, 5) is 4.18. The highest BCUT2D eigenvalue weighted by atomic mass is 16.5. The van der Waals surface area contributed by atoms with Crippen LogP contribution in [-0.4, -0.2) is 28.2 Å². The van der Waals surface area contributed by atoms with Gasteiger partial charge in [-0.3, -0.25) is 0 Å². The van der Waals surface area contributed by atoms with Crippen LogP contribution < -0.4 is 25.0 Å². The van der Waals surface area contributed by atoms with Gasteiger partial charge in [-0.25, -0.2) is 0 Å². The van der Waals surface area contributed by atoms with Crippen LogP contribution in [-0.2, 0) is 0 Å². The van der Waals surface area contributed by atoms with E-state index in [-0.39, 0.29) is 0 Å². The van der Waals surface area contributed by atoms with Crippen LogP contribution in [0.5, 0.6) is 11.5 Å². The number of nitrogens with zero attached hydrogens (tertiary/aromatic N) is 2. The third-order valence-corrected chi connectivity index (χ3v) is 5.01. The maximum Gasteiger partial charge on any atom is 0.137 e. The van der Waals surface area contributed by atoms with Gasteiger partial charge in [0.05, 0.1) is 0 Å². The Morgan fingerprint density at radius 2 is 1.22 bits per heavy atom. The highest BCUT2D eigenvalue weighted by molar-refractivity contribution is 5.89. The van der Waals surface area contributed by atoms with Crippen molar-refractivity contribution in [3.63, 3.8) is 0 Å². The van der Waals surface area contributed by atoms with Crippen LogP contribution in [0, 0.1) is 0 Å². The van der Waals surface area contributed by atoms with E-state index in [4.69, 9.17) is 4.74 Å². The van der Waals surface area contributed by atoms with E-state index in [9.17, 15) is 0 Å². The van der Waals surface area contributed by atoms with Crippen molar-refractivity contribution in [2.45, 2.75) is 0 Å². The Morgan fingerprint density at radius 1 is 0.704 bits per heavy atom. The molecular weight excluding hydrogens is 332 g/mol. The first-order chi connectivity index (χ1) is 13.0. The minimum atomic E-state index is 0.878. The predicted octanol–water partition coefficient (Wildman–Crippen LogP) is 3.58. The maximum absolute atomic E-state index is 6.36. The topological polar surface area (TPSA) is 15.7 Å². The summed E-state index contributed by atoms with van der Waals surface area (Å²) < 4.78 is 6.36. The second-order valence-electron chi connectivity index (χ2n) is 7.28. The van der Waals surface area contributed by atoms with Crippen LogP contribution in [0.15, 0.2) is 60.7 Å². The lowest BCUT2D eigenvalue weighted by atomic mass is 9.91. The quantitative estimate of drug-likeness (QED) is 0.546. The molecule has 0 N–H and O–H groups in total. The highest BCUT2D eigenvalue weighted by Crippen LogP contribution is 2.44. The molecule has 0 unspecified atom stereocenters. The van der Waals surface area contributed by atoms with E-state index in [0.717, 1.165) is 44.4 Å². The van der Waals surface area contributed by atoms with E-state index in [2.05, 4.69) is 71.0 Å². The Morgan fingerprint density at radius 3 is 1.70 bits per heavy atom. The monoisotopic (exact) mass is 356 g/mol. The molecule has 0 aliphatic carbocycles. The van der Waals surface area contributed by atoms with Crippen LogP contribution in [0.4, 0.5) is 11.4 Å². The van der Waals surface area contributed by atoms with Crippen molar-refractivity contribution >= 4 is 23.5 Å². The SMILES string of the molecule is C=c1ccccc1=C1c2ccc(N(C)C)cc2Oc2cc(N(C)C)ccc21. The van der Waals surface area contributed by atoms with Gasteiger partial charge >= 0.3 is 0 Å². The lowest BCUT2D eigenvalue weighted by Gasteiger charge is -2.26. The average molecular weight is 356 g/mol. The summed E-state index contributed by atoms with van der Waals surface area (Å²) >= 11 is 0. The number of hydrogen-bond donors (Lipinski definition) is 0. The number of benzene rings is 3. The smallest absolute Gasteiger partial charge is 0.137 e. The van der Waals surface area contributed by atoms with Crippen molar-refractivity contribution in [1.82, 2.24) is 0 Å². The van der Waals surface area contributed by atoms with E-state index in [1.165, 1.54) is 5.57 Å². The summed E-state index contributed by atoms with van der Waals surface area (Å²) in [5, 5.41) is 2.15. The molecule has 0 saturated carbocycles. The van der Waals surface area contributed by atoms with Gasteiger partial charge in [0.15, 0.2) is 0 Å². The normalized spacial score (nSPS) is 12.1. The van der Waals surface area contributed by atoms with Gasteiger partial charge in [-0.15, -0.1) is 0 Å². The fourth-order valence-electron chi connectivity index (χ4n) is 3.48. The molecule has 0 radical (unpaired) electrons. The molecule has 1 aliphatic rings. The van der Waals surface area contributed by atoms with Crippen molar-refractivity contribution < 1.29 is 4.74 Å². The number of anilines is 2. The maximum atomic E-state index is 6.36. The van der Waals surface area contributed by atoms with Crippen molar-refractivity contribution in [3.8, 4) is 11.5 Å². The first-order valence-corrected chi connectivity index (χ1v) is 9.05. The standard InChI is InChI=1S/C24H24N2O/c1-16-8-6-7-9-19(16)24-20-12-10-17(25(2)3)14-22(20)27-23-15-18(26(4)5)11-13-21(23)24/h6-15H,1H2,2-5H3. The molecule has 1 heterocycles. The van der Waals surface area contributed by atoms with Gasteiger partial charge in [0, 0.05) is 68.4 Å². The van der Waals surface area contributed by atoms with E-state index < -0.39 is 0 Å². The summed E-state index contributed by atoms with van der Waals surface area (Å²) in [6, 6.07) is 21.0. The molecule has 3 heteroatoms. The Bertz CT molecular complexity index is 1070. The van der Waals surface area contributed by atoms with Crippen molar-refractivity contribution in [2.24, 2.45) is 0 Å². The minimum Gasteiger partial charge on any atom is -0.456 e. The van der Waals surface area contributed by atoms with E-state index in [1.807, 2.05) is 34.3 Å². The summed E-state index contributed by atoms with van der Waals surface area (Å²) in [5.41, 5.74) is 5.60. The first kappa shape index (κ1) is 17.2. The first-order valence-electron chi connectivity index (χ1n) is 9.05. The lowest BCUT2D eigenvalue weighted by molar-refractivity contribution is 0.474. The van der Waals surface area contributed by atoms with Crippen LogP contribution in [0.1, 0.15) is 11.1 Å². The molecule has 3 aromatic carbocycles. The summed E-state index contributed by atoms with van der Waals surface area (Å²) in [7, 11) is 8.16. The zero-order valence-electron chi connectivity index (χ0n) is 16.3. The molecule has 0 fully saturated rings. The molecule has 3 nitrogen and oxygen atoms in total. The fraction of sp³-hybridized carbons (Fsp3) is 0.167. The molecule has 1 aliphatic heterocycles. The Kier molecular flexibility index (Phi) is 4.15. The van der Waals surface area contributed by atoms with E-state index >= 15 is 0 Å². The van der Waals surface area contributed by atoms with E-state index in [1.54, 1.807) is 0 Å². The highest BCUT2D eigenvalue weighted by Gasteiger charge is 2.24. The zero-order chi connectivity index (χ0) is 19.1. The molecule has 0 aromatic heterocycles. The van der Waals surface area contributed by atoms with Crippen LogP contribution in [0.2, 0.25) is 0 Å². The second-order valence-corrected chi connectivity index (χ2v) is 7.28. The third-order valence-electron chi connectivity index (χ3n) is 5.01. The van der Waals surface area contributed by atoms with E-state index in [0.29, 0.717) is 0 Å². The summed E-state index contributed by atoms with van der Waals surface area (Å²) in [5.74, 6) is 1.76. The molecule has 0 atom stereocenters. The lowest BCUT2D eigenvalue weighted by Crippen LogP contribution is -2.27. The third kappa shape index (κ3) is 2.95. The Balaban J connectivity index is 2.07. The van der Waals surface area contributed by atoms with Crippen LogP contribution in [0.3, 0.4) is 0 Å². The summed E-state index contributed by atoms with van der Waals surface area (Å²) in [6.45, 7) is 4.26. The number of fused-ring (bicyclic) bond motifs is 2. The van der Waals surface area contributed by atoms with Gasteiger partial charge < -0.3 is 14.5 Å². The molecule has 0 bridgehead atoms. The van der Waals surface area contributed by atoms with Gasteiger partial charge in [0.2, 0.25) is 0 Å². The minimum absolute atomic E-state index is 0.878. The molecule has 3 aromatic rings. The molecule has 0 saturated heterocycles. The van der Waals surface area contributed by atoms with Crippen LogP contribution >= 0.6 is 0 Å². The fourth-order valence-corrected chi connectivity index (χ4v) is 3.48. The second kappa shape index (κ2) is 6.51. The van der Waals surface area contributed by atoms with Crippen molar-refractivity contribution in [3.05, 3.63) is 82.2 Å².